The molecule has 3 nitrogen and oxygen atoms in total. The fourth-order valence-corrected chi connectivity index (χ4v) is 1.74. The molecule has 1 fully saturated rings. The van der Waals surface area contributed by atoms with Crippen molar-refractivity contribution in [3.05, 3.63) is 12.3 Å². The van der Waals surface area contributed by atoms with Crippen molar-refractivity contribution in [1.29, 1.82) is 0 Å². The molecule has 1 aliphatic heterocycles. The predicted octanol–water partition coefficient (Wildman–Crippen LogP) is 1.56. The SMILES string of the molecule is C=C(CCC)OCCN1CCN(C)CC1. The molecule has 1 saturated heterocycles. The first kappa shape index (κ1) is 12.5. The Kier molecular flexibility index (Phi) is 5.73. The van der Waals surface area contributed by atoms with E-state index in [1.807, 2.05) is 0 Å². The summed E-state index contributed by atoms with van der Waals surface area (Å²) in [5, 5.41) is 0. The first-order valence-electron chi connectivity index (χ1n) is 5.94. The van der Waals surface area contributed by atoms with Crippen LogP contribution in [0, 0.1) is 0 Å². The Morgan fingerprint density at radius 2 is 1.93 bits per heavy atom. The Morgan fingerprint density at radius 3 is 2.53 bits per heavy atom. The average molecular weight is 212 g/mol. The average Bonchev–Trinajstić information content (AvgIpc) is 2.21. The van der Waals surface area contributed by atoms with Crippen LogP contribution in [0.3, 0.4) is 0 Å². The minimum atomic E-state index is 0.794. The van der Waals surface area contributed by atoms with Crippen LogP contribution in [-0.4, -0.2) is 56.2 Å². The highest BCUT2D eigenvalue weighted by Gasteiger charge is 2.12. The van der Waals surface area contributed by atoms with E-state index in [-0.39, 0.29) is 0 Å². The van der Waals surface area contributed by atoms with Gasteiger partial charge in [0.05, 0.1) is 5.76 Å². The van der Waals surface area contributed by atoms with Crippen LogP contribution in [0.5, 0.6) is 0 Å². The molecule has 0 amide bonds. The molecule has 3 heteroatoms. The van der Waals surface area contributed by atoms with E-state index >= 15 is 0 Å². The molecule has 1 rings (SSSR count). The second-order valence-electron chi connectivity index (χ2n) is 4.28. The fraction of sp³-hybridized carbons (Fsp3) is 0.833. The summed E-state index contributed by atoms with van der Waals surface area (Å²) in [7, 11) is 2.18. The summed E-state index contributed by atoms with van der Waals surface area (Å²) in [5.41, 5.74) is 0. The number of allylic oxidation sites excluding steroid dienone is 1. The predicted molar refractivity (Wildman–Crippen MR) is 63.9 cm³/mol. The van der Waals surface area contributed by atoms with E-state index in [4.69, 9.17) is 4.74 Å². The number of piperazine rings is 1. The molecule has 1 aliphatic rings. The van der Waals surface area contributed by atoms with E-state index in [9.17, 15) is 0 Å². The van der Waals surface area contributed by atoms with Gasteiger partial charge in [0.25, 0.3) is 0 Å². The molecule has 0 aromatic carbocycles. The highest BCUT2D eigenvalue weighted by atomic mass is 16.5. The Labute approximate surface area is 93.7 Å². The van der Waals surface area contributed by atoms with E-state index in [0.717, 1.165) is 31.8 Å². The molecule has 0 atom stereocenters. The molecule has 0 aliphatic carbocycles. The van der Waals surface area contributed by atoms with Gasteiger partial charge in [-0.05, 0) is 13.5 Å². The number of hydrogen-bond acceptors (Lipinski definition) is 3. The zero-order valence-corrected chi connectivity index (χ0v) is 10.2. The summed E-state index contributed by atoms with van der Waals surface area (Å²) in [6.45, 7) is 12.6. The first-order chi connectivity index (χ1) is 7.22. The summed E-state index contributed by atoms with van der Waals surface area (Å²) in [6, 6.07) is 0. The maximum absolute atomic E-state index is 5.56. The minimum Gasteiger partial charge on any atom is -0.497 e. The van der Waals surface area contributed by atoms with Crippen molar-refractivity contribution in [2.45, 2.75) is 19.8 Å². The van der Waals surface area contributed by atoms with Crippen LogP contribution in [0.1, 0.15) is 19.8 Å². The second-order valence-corrected chi connectivity index (χ2v) is 4.28. The third-order valence-corrected chi connectivity index (χ3v) is 2.84. The molecule has 0 radical (unpaired) electrons. The van der Waals surface area contributed by atoms with Crippen LogP contribution in [0.25, 0.3) is 0 Å². The van der Waals surface area contributed by atoms with Gasteiger partial charge in [-0.3, -0.25) is 4.90 Å². The molecule has 0 N–H and O–H groups in total. The van der Waals surface area contributed by atoms with Crippen LogP contribution in [0.15, 0.2) is 12.3 Å². The molecular weight excluding hydrogens is 188 g/mol. The zero-order valence-electron chi connectivity index (χ0n) is 10.2. The third-order valence-electron chi connectivity index (χ3n) is 2.84. The van der Waals surface area contributed by atoms with Gasteiger partial charge in [0.1, 0.15) is 6.61 Å². The lowest BCUT2D eigenvalue weighted by atomic mass is 10.3. The monoisotopic (exact) mass is 212 g/mol. The number of rotatable bonds is 6. The number of nitrogens with zero attached hydrogens (tertiary/aromatic N) is 2. The Bertz CT molecular complexity index is 186. The molecule has 15 heavy (non-hydrogen) atoms. The molecule has 0 bridgehead atoms. The molecule has 0 unspecified atom stereocenters. The van der Waals surface area contributed by atoms with Gasteiger partial charge in [-0.15, -0.1) is 0 Å². The molecule has 0 saturated carbocycles. The molecular formula is C12H24N2O. The lowest BCUT2D eigenvalue weighted by Gasteiger charge is -2.32. The van der Waals surface area contributed by atoms with Crippen LogP contribution in [-0.2, 0) is 4.74 Å². The number of likely N-dealkylation sites (N-methyl/N-ethyl adjacent to an activating group) is 1. The maximum atomic E-state index is 5.56. The normalized spacial score (nSPS) is 19.1. The summed E-state index contributed by atoms with van der Waals surface area (Å²) < 4.78 is 5.56. The van der Waals surface area contributed by atoms with Gasteiger partial charge in [-0.2, -0.15) is 0 Å². The van der Waals surface area contributed by atoms with E-state index in [1.165, 1.54) is 26.2 Å². The summed E-state index contributed by atoms with van der Waals surface area (Å²) in [6.07, 6.45) is 2.11. The fourth-order valence-electron chi connectivity index (χ4n) is 1.74. The van der Waals surface area contributed by atoms with Crippen molar-refractivity contribution in [1.82, 2.24) is 9.80 Å². The van der Waals surface area contributed by atoms with Crippen molar-refractivity contribution in [2.75, 3.05) is 46.4 Å². The van der Waals surface area contributed by atoms with Gasteiger partial charge in [-0.25, -0.2) is 0 Å². The van der Waals surface area contributed by atoms with Gasteiger partial charge in [0.15, 0.2) is 0 Å². The van der Waals surface area contributed by atoms with Crippen LogP contribution in [0.4, 0.5) is 0 Å². The second kappa shape index (κ2) is 6.85. The summed E-state index contributed by atoms with van der Waals surface area (Å²) in [4.78, 5) is 4.83. The van der Waals surface area contributed by atoms with Crippen LogP contribution >= 0.6 is 0 Å². The lowest BCUT2D eigenvalue weighted by molar-refractivity contribution is 0.111. The van der Waals surface area contributed by atoms with Gasteiger partial charge in [0.2, 0.25) is 0 Å². The number of hydrogen-bond donors (Lipinski definition) is 0. The van der Waals surface area contributed by atoms with Gasteiger partial charge in [-0.1, -0.05) is 13.5 Å². The largest absolute Gasteiger partial charge is 0.497 e. The van der Waals surface area contributed by atoms with Gasteiger partial charge >= 0.3 is 0 Å². The van der Waals surface area contributed by atoms with Crippen LogP contribution < -0.4 is 0 Å². The standard InChI is InChI=1S/C12H24N2O/c1-4-5-12(2)15-11-10-14-8-6-13(3)7-9-14/h2,4-11H2,1,3H3. The van der Waals surface area contributed by atoms with Crippen molar-refractivity contribution in [3.8, 4) is 0 Å². The number of ether oxygens (including phenoxy) is 1. The minimum absolute atomic E-state index is 0.794. The first-order valence-corrected chi connectivity index (χ1v) is 5.94. The lowest BCUT2D eigenvalue weighted by Crippen LogP contribution is -2.45. The van der Waals surface area contributed by atoms with Crippen molar-refractivity contribution in [2.24, 2.45) is 0 Å². The van der Waals surface area contributed by atoms with E-state index < -0.39 is 0 Å². The van der Waals surface area contributed by atoms with E-state index in [1.54, 1.807) is 0 Å². The Balaban J connectivity index is 2.02. The third kappa shape index (κ3) is 5.19. The Hall–Kier alpha value is -0.540. The quantitative estimate of drug-likeness (QED) is 0.622. The topological polar surface area (TPSA) is 15.7 Å². The van der Waals surface area contributed by atoms with Gasteiger partial charge < -0.3 is 9.64 Å². The van der Waals surface area contributed by atoms with Crippen LogP contribution in [0.2, 0.25) is 0 Å². The van der Waals surface area contributed by atoms with Crippen molar-refractivity contribution < 1.29 is 4.74 Å². The highest BCUT2D eigenvalue weighted by molar-refractivity contribution is 4.81. The van der Waals surface area contributed by atoms with Crippen molar-refractivity contribution in [3.63, 3.8) is 0 Å². The highest BCUT2D eigenvalue weighted by Crippen LogP contribution is 2.04. The molecule has 88 valence electrons. The molecule has 0 spiro atoms. The van der Waals surface area contributed by atoms with E-state index in [2.05, 4.69) is 30.4 Å². The summed E-state index contributed by atoms with van der Waals surface area (Å²) in [5.74, 6) is 0.937. The van der Waals surface area contributed by atoms with Crippen molar-refractivity contribution >= 4 is 0 Å². The zero-order chi connectivity index (χ0) is 11.1. The molecule has 1 heterocycles. The summed E-state index contributed by atoms with van der Waals surface area (Å²) >= 11 is 0. The maximum Gasteiger partial charge on any atom is 0.100 e. The van der Waals surface area contributed by atoms with E-state index in [0.29, 0.717) is 0 Å². The molecule has 0 aromatic rings. The Morgan fingerprint density at radius 1 is 1.27 bits per heavy atom. The molecule has 0 aromatic heterocycles. The van der Waals surface area contributed by atoms with Gasteiger partial charge in [0, 0.05) is 39.1 Å². The smallest absolute Gasteiger partial charge is 0.100 e.